The molecule has 0 spiro atoms. The molecule has 0 aliphatic heterocycles. The smallest absolute Gasteiger partial charge is 0.325 e. The number of nitrogens with zero attached hydrogens (tertiary/aromatic N) is 4. The molecule has 8 nitrogen and oxygen atoms in total. The summed E-state index contributed by atoms with van der Waals surface area (Å²) in [5.74, 6) is -0.348. The molecule has 0 radical (unpaired) electrons. The summed E-state index contributed by atoms with van der Waals surface area (Å²) in [6.45, 7) is 4.47. The van der Waals surface area contributed by atoms with Gasteiger partial charge >= 0.3 is 5.69 Å². The molecule has 0 aliphatic carbocycles. The van der Waals surface area contributed by atoms with Crippen molar-refractivity contribution in [3.05, 3.63) is 92.8 Å². The van der Waals surface area contributed by atoms with Crippen molar-refractivity contribution in [3.63, 3.8) is 0 Å². The van der Waals surface area contributed by atoms with E-state index in [2.05, 4.69) is 17.3 Å². The van der Waals surface area contributed by atoms with Gasteiger partial charge in [-0.2, -0.15) is 5.10 Å². The van der Waals surface area contributed by atoms with Gasteiger partial charge in [-0.05, 0) is 43.0 Å². The predicted molar refractivity (Wildman–Crippen MR) is 133 cm³/mol. The van der Waals surface area contributed by atoms with Gasteiger partial charge in [0.05, 0.1) is 12.1 Å². The number of benzene rings is 2. The fourth-order valence-corrected chi connectivity index (χ4v) is 3.92. The highest BCUT2D eigenvalue weighted by atomic mass is 16.2. The second-order valence-corrected chi connectivity index (χ2v) is 8.31. The van der Waals surface area contributed by atoms with Crippen molar-refractivity contribution < 1.29 is 4.79 Å². The number of carbonyl (C=O) groups is 1. The highest BCUT2D eigenvalue weighted by Gasteiger charge is 2.18. The van der Waals surface area contributed by atoms with Crippen LogP contribution in [0.4, 0.5) is 5.69 Å². The molecule has 2 aromatic heterocycles. The summed E-state index contributed by atoms with van der Waals surface area (Å²) in [5.41, 5.74) is 2.22. The Morgan fingerprint density at radius 2 is 1.68 bits per heavy atom. The number of carbonyl (C=O) groups excluding carboxylic acids is 1. The van der Waals surface area contributed by atoms with Crippen molar-refractivity contribution >= 4 is 22.6 Å². The summed E-state index contributed by atoms with van der Waals surface area (Å²) in [4.78, 5) is 39.3. The first-order valence-corrected chi connectivity index (χ1v) is 11.6. The fourth-order valence-electron chi connectivity index (χ4n) is 3.92. The minimum absolute atomic E-state index is 0.105. The minimum atomic E-state index is -0.540. The van der Waals surface area contributed by atoms with Crippen LogP contribution in [0.3, 0.4) is 0 Å². The highest BCUT2D eigenvalue weighted by molar-refractivity contribution is 5.91. The molecule has 0 saturated carbocycles. The van der Waals surface area contributed by atoms with Crippen molar-refractivity contribution in [3.8, 4) is 0 Å². The van der Waals surface area contributed by atoms with Crippen LogP contribution in [-0.2, 0) is 30.8 Å². The van der Waals surface area contributed by atoms with Gasteiger partial charge in [0.15, 0.2) is 5.52 Å². The van der Waals surface area contributed by atoms with Crippen LogP contribution < -0.4 is 16.6 Å². The number of hydrogen-bond donors (Lipinski definition) is 1. The van der Waals surface area contributed by atoms with Crippen LogP contribution in [0.15, 0.2) is 70.4 Å². The van der Waals surface area contributed by atoms with Gasteiger partial charge in [-0.1, -0.05) is 55.8 Å². The zero-order chi connectivity index (χ0) is 24.1. The van der Waals surface area contributed by atoms with Gasteiger partial charge in [-0.3, -0.25) is 23.4 Å². The van der Waals surface area contributed by atoms with Crippen LogP contribution in [-0.4, -0.2) is 24.8 Å². The lowest BCUT2D eigenvalue weighted by Crippen LogP contribution is -2.41. The van der Waals surface area contributed by atoms with E-state index in [1.54, 1.807) is 10.9 Å². The summed E-state index contributed by atoms with van der Waals surface area (Å²) in [6, 6.07) is 17.0. The number of hydrogen-bond acceptors (Lipinski definition) is 4. The maximum Gasteiger partial charge on any atom is 0.332 e. The van der Waals surface area contributed by atoms with Crippen LogP contribution in [0.5, 0.6) is 0 Å². The molecule has 0 bridgehead atoms. The molecule has 0 unspecified atom stereocenters. The Morgan fingerprint density at radius 3 is 2.35 bits per heavy atom. The first kappa shape index (κ1) is 23.2. The second-order valence-electron chi connectivity index (χ2n) is 8.31. The highest BCUT2D eigenvalue weighted by Crippen LogP contribution is 2.13. The molecule has 2 aromatic carbocycles. The van der Waals surface area contributed by atoms with Gasteiger partial charge in [-0.25, -0.2) is 4.79 Å². The number of aryl methyl sites for hydroxylation is 2. The summed E-state index contributed by atoms with van der Waals surface area (Å²) in [7, 11) is 0. The number of nitrogens with one attached hydrogen (secondary N) is 1. The zero-order valence-electron chi connectivity index (χ0n) is 19.5. The number of unbranched alkanes of at least 4 members (excludes halogenated alkanes) is 1. The van der Waals surface area contributed by atoms with E-state index < -0.39 is 11.2 Å². The van der Waals surface area contributed by atoms with E-state index in [0.717, 1.165) is 29.4 Å². The van der Waals surface area contributed by atoms with Gasteiger partial charge in [0.25, 0.3) is 5.56 Å². The fraction of sp³-hybridized carbons (Fsp3) is 0.308. The quantitative estimate of drug-likeness (QED) is 0.415. The molecule has 0 atom stereocenters. The van der Waals surface area contributed by atoms with E-state index in [4.69, 9.17) is 0 Å². The standard InChI is InChI=1S/C26H29N5O3/c1-3-5-9-19-12-14-21(15-13-19)27-23(32)18-30-22-17-29(4-2)28-24(22)25(33)31(26(30)34)16-20-10-7-6-8-11-20/h6-8,10-15,17H,3-5,9,16,18H2,1-2H3,(H,27,32). The Hall–Kier alpha value is -3.94. The Labute approximate surface area is 197 Å². The lowest BCUT2D eigenvalue weighted by molar-refractivity contribution is -0.116. The van der Waals surface area contributed by atoms with Gasteiger partial charge in [-0.15, -0.1) is 0 Å². The molecule has 176 valence electrons. The molecule has 0 fully saturated rings. The zero-order valence-corrected chi connectivity index (χ0v) is 19.5. The summed E-state index contributed by atoms with van der Waals surface area (Å²) in [5, 5.41) is 7.21. The molecule has 1 amide bonds. The van der Waals surface area contributed by atoms with Gasteiger partial charge < -0.3 is 5.32 Å². The van der Waals surface area contributed by atoms with Gasteiger partial charge in [0, 0.05) is 18.4 Å². The Balaban J connectivity index is 1.65. The average molecular weight is 460 g/mol. The maximum absolute atomic E-state index is 13.3. The Kier molecular flexibility index (Phi) is 7.06. The van der Waals surface area contributed by atoms with E-state index >= 15 is 0 Å². The molecule has 4 rings (SSSR count). The third kappa shape index (κ3) is 5.01. The van der Waals surface area contributed by atoms with E-state index in [1.807, 2.05) is 61.5 Å². The molecule has 8 heteroatoms. The van der Waals surface area contributed by atoms with E-state index in [9.17, 15) is 14.4 Å². The summed E-state index contributed by atoms with van der Waals surface area (Å²) >= 11 is 0. The minimum Gasteiger partial charge on any atom is -0.325 e. The first-order chi connectivity index (χ1) is 16.5. The van der Waals surface area contributed by atoms with Gasteiger partial charge in [0.2, 0.25) is 5.91 Å². The first-order valence-electron chi connectivity index (χ1n) is 11.6. The number of amides is 1. The molecule has 1 N–H and O–H groups in total. The van der Waals surface area contributed by atoms with Crippen molar-refractivity contribution in [1.82, 2.24) is 18.9 Å². The molecule has 0 aliphatic rings. The molecule has 4 aromatic rings. The van der Waals surface area contributed by atoms with Crippen molar-refractivity contribution in [1.29, 1.82) is 0 Å². The monoisotopic (exact) mass is 459 g/mol. The number of aromatic nitrogens is 4. The molecular weight excluding hydrogens is 430 g/mol. The largest absolute Gasteiger partial charge is 0.332 e. The number of anilines is 1. The third-order valence-electron chi connectivity index (χ3n) is 5.81. The number of rotatable bonds is 9. The lowest BCUT2D eigenvalue weighted by Gasteiger charge is -2.12. The van der Waals surface area contributed by atoms with Crippen molar-refractivity contribution in [2.24, 2.45) is 0 Å². The Bertz CT molecular complexity index is 1400. The van der Waals surface area contributed by atoms with Crippen LogP contribution in [0.25, 0.3) is 11.0 Å². The molecular formula is C26H29N5O3. The third-order valence-corrected chi connectivity index (χ3v) is 5.81. The van der Waals surface area contributed by atoms with Crippen molar-refractivity contribution in [2.75, 3.05) is 5.32 Å². The van der Waals surface area contributed by atoms with Crippen LogP contribution in [0, 0.1) is 0 Å². The van der Waals surface area contributed by atoms with E-state index in [0.29, 0.717) is 17.7 Å². The number of fused-ring (bicyclic) bond motifs is 1. The molecule has 0 saturated heterocycles. The van der Waals surface area contributed by atoms with E-state index in [-0.39, 0.29) is 24.5 Å². The van der Waals surface area contributed by atoms with Crippen molar-refractivity contribution in [2.45, 2.75) is 52.7 Å². The van der Waals surface area contributed by atoms with Crippen LogP contribution >= 0.6 is 0 Å². The second kappa shape index (κ2) is 10.3. The lowest BCUT2D eigenvalue weighted by atomic mass is 10.1. The SMILES string of the molecule is CCCCc1ccc(NC(=O)Cn2c(=O)n(Cc3ccccc3)c(=O)c3nn(CC)cc32)cc1. The topological polar surface area (TPSA) is 90.9 Å². The predicted octanol–water partition coefficient (Wildman–Crippen LogP) is 3.41. The molecule has 34 heavy (non-hydrogen) atoms. The summed E-state index contributed by atoms with van der Waals surface area (Å²) < 4.78 is 4.06. The molecule has 2 heterocycles. The van der Waals surface area contributed by atoms with Crippen LogP contribution in [0.2, 0.25) is 0 Å². The van der Waals surface area contributed by atoms with Gasteiger partial charge in [0.1, 0.15) is 6.54 Å². The van der Waals surface area contributed by atoms with E-state index in [1.165, 1.54) is 10.1 Å². The normalized spacial score (nSPS) is 11.1. The van der Waals surface area contributed by atoms with Crippen LogP contribution in [0.1, 0.15) is 37.8 Å². The Morgan fingerprint density at radius 1 is 0.941 bits per heavy atom. The average Bonchev–Trinajstić information content (AvgIpc) is 3.29. The summed E-state index contributed by atoms with van der Waals surface area (Å²) in [6.07, 6.45) is 4.89. The maximum atomic E-state index is 13.3.